The number of benzene rings is 4. The van der Waals surface area contributed by atoms with Crippen LogP contribution in [0.25, 0.3) is 0 Å². The normalized spacial score (nSPS) is 21.1. The Morgan fingerprint density at radius 2 is 0.768 bits per heavy atom. The van der Waals surface area contributed by atoms with Gasteiger partial charge in [0, 0.05) is 122 Å². The minimum absolute atomic E-state index is 0.0118. The van der Waals surface area contributed by atoms with Crippen LogP contribution in [0.1, 0.15) is 172 Å². The lowest BCUT2D eigenvalue weighted by Gasteiger charge is -2.26. The van der Waals surface area contributed by atoms with E-state index in [9.17, 15) is 19.2 Å². The number of nitrogens with one attached hydrogen (secondary N) is 1. The van der Waals surface area contributed by atoms with Crippen LogP contribution in [-0.2, 0) is 18.9 Å². The summed E-state index contributed by atoms with van der Waals surface area (Å²) in [5.41, 5.74) is 8.08. The molecule has 99 heavy (non-hydrogen) atoms. The second-order valence-electron chi connectivity index (χ2n) is 25.1. The first-order valence-corrected chi connectivity index (χ1v) is 38.9. The molecule has 1 N–H and O–H groups in total. The Labute approximate surface area is 617 Å². The second kappa shape index (κ2) is 33.5. The molecule has 0 saturated carbocycles. The molecule has 0 radical (unpaired) electrons. The van der Waals surface area contributed by atoms with E-state index in [2.05, 4.69) is 49.2 Å². The number of Topliss-reactive ketones (excluding diaryl/α,β-unsaturated/α-hetero) is 3. The summed E-state index contributed by atoms with van der Waals surface area (Å²) in [6.07, 6.45) is 8.04. The number of carbonyl (C=O) groups is 4. The highest BCUT2D eigenvalue weighted by Gasteiger charge is 2.36. The van der Waals surface area contributed by atoms with Crippen LogP contribution in [0.4, 0.5) is 20.5 Å². The predicted molar refractivity (Wildman–Crippen MR) is 397 cm³/mol. The lowest BCUT2D eigenvalue weighted by molar-refractivity contribution is 0.0955. The number of halogens is 5. The fourth-order valence-electron chi connectivity index (χ4n) is 13.6. The largest absolute Gasteiger partial charge is 0.496 e. The Balaban J connectivity index is 0.000000119. The predicted octanol–water partition coefficient (Wildman–Crippen LogP) is 16.0. The molecular formula is C72H76Cl5N9O9S4. The first kappa shape index (κ1) is 71.6. The Morgan fingerprint density at radius 1 is 0.414 bits per heavy atom. The van der Waals surface area contributed by atoms with Gasteiger partial charge in [-0.2, -0.15) is 0 Å². The van der Waals surface area contributed by atoms with Gasteiger partial charge in [0.15, 0.2) is 37.9 Å². The molecule has 4 saturated heterocycles. The number of morpholine rings is 4. The number of ketones is 3. The Morgan fingerprint density at radius 3 is 1.15 bits per heavy atom. The van der Waals surface area contributed by atoms with Gasteiger partial charge in [-0.25, -0.2) is 19.9 Å². The molecule has 8 aromatic rings. The summed E-state index contributed by atoms with van der Waals surface area (Å²) in [6, 6.07) is 27.2. The van der Waals surface area contributed by atoms with Gasteiger partial charge < -0.3 is 48.6 Å². The summed E-state index contributed by atoms with van der Waals surface area (Å²) < 4.78 is 27.2. The molecule has 16 rings (SSSR count). The molecular weight excluding hydrogens is 1440 g/mol. The molecule has 1 amide bonds. The number of hydrogen-bond acceptors (Lipinski definition) is 21. The zero-order chi connectivity index (χ0) is 68.5. The van der Waals surface area contributed by atoms with Crippen LogP contribution in [0.5, 0.6) is 5.75 Å². The fourth-order valence-corrected chi connectivity index (χ4v) is 18.9. The van der Waals surface area contributed by atoms with Gasteiger partial charge in [-0.05, 0) is 110 Å². The van der Waals surface area contributed by atoms with Crippen LogP contribution in [0.2, 0.25) is 25.1 Å². The zero-order valence-corrected chi connectivity index (χ0v) is 61.8. The summed E-state index contributed by atoms with van der Waals surface area (Å²) in [4.78, 5) is 81.8. The fraction of sp³-hybridized carbons (Fsp3) is 0.444. The van der Waals surface area contributed by atoms with Crippen molar-refractivity contribution in [1.29, 1.82) is 0 Å². The van der Waals surface area contributed by atoms with Gasteiger partial charge in [0.25, 0.3) is 5.91 Å². The molecule has 9 heterocycles. The van der Waals surface area contributed by atoms with Crippen molar-refractivity contribution >= 4 is 147 Å². The van der Waals surface area contributed by atoms with Crippen LogP contribution in [-0.4, -0.2) is 162 Å². The van der Waals surface area contributed by atoms with Gasteiger partial charge in [0.1, 0.15) is 10.6 Å². The summed E-state index contributed by atoms with van der Waals surface area (Å²) >= 11 is 36.5. The third kappa shape index (κ3) is 17.0. The lowest BCUT2D eigenvalue weighted by atomic mass is 9.91. The number of hydrogen-bond donors (Lipinski definition) is 1. The number of methoxy groups -OCH3 is 1. The molecule has 0 spiro atoms. The Hall–Kier alpha value is -5.83. The number of aromatic nitrogens is 4. The molecule has 4 unspecified atom stereocenters. The van der Waals surface area contributed by atoms with Crippen molar-refractivity contribution in [2.24, 2.45) is 0 Å². The molecule has 27 heteroatoms. The van der Waals surface area contributed by atoms with Crippen molar-refractivity contribution in [3.8, 4) is 5.75 Å². The van der Waals surface area contributed by atoms with E-state index in [-0.39, 0.29) is 46.9 Å². The molecule has 522 valence electrons. The van der Waals surface area contributed by atoms with Crippen LogP contribution in [0.15, 0.2) is 84.9 Å². The Kier molecular flexibility index (Phi) is 24.2. The number of anilines is 4. The van der Waals surface area contributed by atoms with Crippen LogP contribution in [0.3, 0.4) is 0 Å². The molecule has 3 aliphatic carbocycles. The zero-order valence-electron chi connectivity index (χ0n) is 54.8. The smallest absolute Gasteiger partial charge is 0.263 e. The third-order valence-corrected chi connectivity index (χ3v) is 25.0. The van der Waals surface area contributed by atoms with Crippen LogP contribution in [0, 0.1) is 0 Å². The summed E-state index contributed by atoms with van der Waals surface area (Å²) in [7, 11) is 1.64. The number of nitrogens with zero attached hydrogens (tertiary/aromatic N) is 8. The third-order valence-electron chi connectivity index (χ3n) is 18.9. The SMILES string of the molecule is COc1cc(Cl)ccc1C1CCNC(=O)c2sc(N3CCOCC3)nc21.O=C1CCCC(c2ccc(Cl)c(Cl)c2)c2nc(N3CCOCC3)sc21.O=C1CCCC(c2ccc(Cl)cc2)c2nc(N3CCOCC3)sc21.O=C1CCCC(c2ccc(Cl)cc2)c2nc(N3CCOCC3)sc21. The van der Waals surface area contributed by atoms with Gasteiger partial charge in [-0.1, -0.05) is 140 Å². The number of rotatable bonds is 9. The van der Waals surface area contributed by atoms with E-state index in [1.807, 2.05) is 60.7 Å². The van der Waals surface area contributed by atoms with E-state index in [1.54, 1.807) is 29.8 Å². The monoisotopic (exact) mass is 1510 g/mol. The maximum atomic E-state index is 12.6. The van der Waals surface area contributed by atoms with Crippen molar-refractivity contribution in [3.63, 3.8) is 0 Å². The maximum Gasteiger partial charge on any atom is 0.263 e. The van der Waals surface area contributed by atoms with Gasteiger partial charge in [0.05, 0.1) is 107 Å². The average molecular weight is 1520 g/mol. The maximum absolute atomic E-state index is 12.6. The summed E-state index contributed by atoms with van der Waals surface area (Å²) in [6.45, 7) is 12.8. The number of amides is 1. The quantitative estimate of drug-likeness (QED) is 0.134. The molecule has 8 aliphatic rings. The van der Waals surface area contributed by atoms with E-state index in [4.69, 9.17) is 102 Å². The van der Waals surface area contributed by atoms with Crippen LogP contribution < -0.4 is 29.7 Å². The van der Waals surface area contributed by atoms with Crippen molar-refractivity contribution in [2.75, 3.05) is 138 Å². The topological polar surface area (TPSA) is 191 Å². The van der Waals surface area contributed by atoms with E-state index < -0.39 is 0 Å². The molecule has 4 atom stereocenters. The minimum Gasteiger partial charge on any atom is -0.496 e. The summed E-state index contributed by atoms with van der Waals surface area (Å²) in [5, 5.41) is 9.88. The molecule has 0 bridgehead atoms. The molecule has 4 aromatic carbocycles. The van der Waals surface area contributed by atoms with Gasteiger partial charge >= 0.3 is 0 Å². The van der Waals surface area contributed by atoms with E-state index in [0.29, 0.717) is 72.2 Å². The highest BCUT2D eigenvalue weighted by atomic mass is 35.5. The average Bonchev–Trinajstić information content (AvgIpc) is 1.67. The molecule has 18 nitrogen and oxygen atoms in total. The highest BCUT2D eigenvalue weighted by molar-refractivity contribution is 7.18. The lowest BCUT2D eigenvalue weighted by Crippen LogP contribution is -2.36. The molecule has 4 aromatic heterocycles. The number of ether oxygens (including phenoxy) is 5. The first-order chi connectivity index (χ1) is 48.2. The first-order valence-electron chi connectivity index (χ1n) is 33.8. The molecule has 5 aliphatic heterocycles. The Bertz CT molecular complexity index is 4020. The number of carbonyl (C=O) groups excluding carboxylic acids is 4. The standard InChI is InChI=1S/C18H18Cl2N2O2S.C18H20ClN3O3S.2C18H19ClN2O2S/c19-13-5-4-11(10-14(13)20)12-2-1-3-15(23)17-16(12)21-18(25-17)22-6-8-24-9-7-22;1-24-14-10-11(19)2-3-12(14)13-4-5-20-17(23)16-15(13)21-18(26-16)22-6-8-25-9-7-22;2*19-13-6-4-12(5-7-13)14-2-1-3-15(22)17-16(14)20-18(24-17)21-8-10-23-11-9-21/h4-5,10,12H,1-3,6-9H2;2-3,10,13H,4-9H2,1H3,(H,20,23);2*4-7,14H,1-3,8-11H2. The number of fused-ring (bicyclic) bond motifs is 4. The van der Waals surface area contributed by atoms with Crippen molar-refractivity contribution < 1.29 is 42.9 Å². The number of thiazole rings is 4. The van der Waals surface area contributed by atoms with Gasteiger partial charge in [-0.15, -0.1) is 0 Å². The van der Waals surface area contributed by atoms with E-state index >= 15 is 0 Å². The van der Waals surface area contributed by atoms with Crippen molar-refractivity contribution in [3.05, 3.63) is 175 Å². The molecule has 4 fully saturated rings. The van der Waals surface area contributed by atoms with Crippen molar-refractivity contribution in [1.82, 2.24) is 25.3 Å². The van der Waals surface area contributed by atoms with Crippen molar-refractivity contribution in [2.45, 2.75) is 87.9 Å². The van der Waals surface area contributed by atoms with Gasteiger partial charge in [0.2, 0.25) is 0 Å². The second-order valence-corrected chi connectivity index (χ2v) is 31.1. The van der Waals surface area contributed by atoms with E-state index in [0.717, 1.165) is 209 Å². The highest BCUT2D eigenvalue weighted by Crippen LogP contribution is 2.46. The van der Waals surface area contributed by atoms with Crippen LogP contribution >= 0.6 is 103 Å². The minimum atomic E-state index is -0.0487. The summed E-state index contributed by atoms with van der Waals surface area (Å²) in [5.74, 6) is 1.77. The van der Waals surface area contributed by atoms with E-state index in [1.165, 1.54) is 33.8 Å². The van der Waals surface area contributed by atoms with Gasteiger partial charge in [-0.3, -0.25) is 19.2 Å².